The van der Waals surface area contributed by atoms with E-state index in [0.29, 0.717) is 18.5 Å². The molecule has 2 aromatic carbocycles. The molecule has 1 aliphatic heterocycles. The number of benzene rings is 2. The number of halogens is 1. The van der Waals surface area contributed by atoms with Crippen LogP contribution in [0.5, 0.6) is 5.75 Å². The van der Waals surface area contributed by atoms with Gasteiger partial charge in [-0.15, -0.1) is 0 Å². The Bertz CT molecular complexity index is 979. The Kier molecular flexibility index (Phi) is 7.07. The standard InChI is InChI=1S/C24H24FNO5/c1-29-19-9-7-16(8-10-19)11-12-26-14-20(23(27)30-2)22(21(15-26)24(28)31-3)17-5-4-6-18(25)13-17/h4-10,13-15,22H,11-12H2,1-3H3. The fraction of sp³-hybridized carbons (Fsp3) is 0.250. The smallest absolute Gasteiger partial charge is 0.336 e. The first-order valence-corrected chi connectivity index (χ1v) is 9.71. The summed E-state index contributed by atoms with van der Waals surface area (Å²) in [6.07, 6.45) is 3.93. The normalized spacial score (nSPS) is 13.9. The number of hydrogen-bond acceptors (Lipinski definition) is 6. The number of ether oxygens (including phenoxy) is 3. The molecule has 0 amide bonds. The fourth-order valence-electron chi connectivity index (χ4n) is 3.51. The Morgan fingerprint density at radius 3 is 2.06 bits per heavy atom. The first-order valence-electron chi connectivity index (χ1n) is 9.71. The zero-order valence-corrected chi connectivity index (χ0v) is 17.6. The number of methoxy groups -OCH3 is 3. The van der Waals surface area contributed by atoms with Crippen LogP contribution >= 0.6 is 0 Å². The van der Waals surface area contributed by atoms with E-state index in [4.69, 9.17) is 14.2 Å². The first-order chi connectivity index (χ1) is 15.0. The van der Waals surface area contributed by atoms with Crippen molar-refractivity contribution in [2.75, 3.05) is 27.9 Å². The van der Waals surface area contributed by atoms with Crippen LogP contribution < -0.4 is 4.74 Å². The van der Waals surface area contributed by atoms with Gasteiger partial charge < -0.3 is 19.1 Å². The minimum Gasteiger partial charge on any atom is -0.497 e. The van der Waals surface area contributed by atoms with Crippen molar-refractivity contribution >= 4 is 11.9 Å². The van der Waals surface area contributed by atoms with E-state index in [1.54, 1.807) is 30.5 Å². The number of esters is 2. The van der Waals surface area contributed by atoms with Gasteiger partial charge in [0, 0.05) is 18.9 Å². The lowest BCUT2D eigenvalue weighted by Crippen LogP contribution is -2.29. The van der Waals surface area contributed by atoms with Crippen LogP contribution in [0.25, 0.3) is 0 Å². The van der Waals surface area contributed by atoms with E-state index in [2.05, 4.69) is 0 Å². The number of hydrogen-bond donors (Lipinski definition) is 0. The van der Waals surface area contributed by atoms with Gasteiger partial charge in [0.25, 0.3) is 0 Å². The molecular weight excluding hydrogens is 401 g/mol. The molecule has 3 rings (SSSR count). The molecule has 1 heterocycles. The fourth-order valence-corrected chi connectivity index (χ4v) is 3.51. The van der Waals surface area contributed by atoms with E-state index in [0.717, 1.165) is 11.3 Å². The number of carbonyl (C=O) groups excluding carboxylic acids is 2. The Labute approximate surface area is 180 Å². The second-order valence-corrected chi connectivity index (χ2v) is 6.98. The minimum absolute atomic E-state index is 0.228. The van der Waals surface area contributed by atoms with Gasteiger partial charge in [0.05, 0.1) is 38.4 Å². The first kappa shape index (κ1) is 22.1. The highest BCUT2D eigenvalue weighted by Crippen LogP contribution is 2.37. The molecule has 0 radical (unpaired) electrons. The summed E-state index contributed by atoms with van der Waals surface area (Å²) in [4.78, 5) is 26.9. The molecule has 0 aromatic heterocycles. The maximum Gasteiger partial charge on any atom is 0.336 e. The van der Waals surface area contributed by atoms with Gasteiger partial charge in [-0.1, -0.05) is 24.3 Å². The topological polar surface area (TPSA) is 65.1 Å². The second-order valence-electron chi connectivity index (χ2n) is 6.98. The molecule has 1 aliphatic rings. The molecule has 0 saturated carbocycles. The molecule has 2 aromatic rings. The summed E-state index contributed by atoms with van der Waals surface area (Å²) in [5.41, 5.74) is 1.98. The summed E-state index contributed by atoms with van der Waals surface area (Å²) >= 11 is 0. The van der Waals surface area contributed by atoms with Gasteiger partial charge >= 0.3 is 11.9 Å². The molecule has 0 spiro atoms. The lowest BCUT2D eigenvalue weighted by atomic mass is 9.83. The van der Waals surface area contributed by atoms with Crippen molar-refractivity contribution in [3.63, 3.8) is 0 Å². The van der Waals surface area contributed by atoms with E-state index in [-0.39, 0.29) is 11.1 Å². The summed E-state index contributed by atoms with van der Waals surface area (Å²) in [7, 11) is 4.14. The molecule has 6 nitrogen and oxygen atoms in total. The molecule has 0 atom stereocenters. The van der Waals surface area contributed by atoms with E-state index >= 15 is 0 Å². The Balaban J connectivity index is 1.94. The van der Waals surface area contributed by atoms with Crippen LogP contribution in [0.3, 0.4) is 0 Å². The van der Waals surface area contributed by atoms with Crippen LogP contribution in [0.15, 0.2) is 72.1 Å². The van der Waals surface area contributed by atoms with Crippen molar-refractivity contribution in [1.82, 2.24) is 4.90 Å². The molecule has 162 valence electrons. The zero-order valence-electron chi connectivity index (χ0n) is 17.6. The van der Waals surface area contributed by atoms with E-state index < -0.39 is 23.7 Å². The summed E-state index contributed by atoms with van der Waals surface area (Å²) in [6.45, 7) is 0.503. The highest BCUT2D eigenvalue weighted by molar-refractivity contribution is 5.98. The lowest BCUT2D eigenvalue weighted by molar-refractivity contribution is -0.137. The van der Waals surface area contributed by atoms with Crippen molar-refractivity contribution in [3.8, 4) is 5.75 Å². The van der Waals surface area contributed by atoms with Gasteiger partial charge in [0.1, 0.15) is 11.6 Å². The van der Waals surface area contributed by atoms with Crippen LogP contribution in [0.1, 0.15) is 17.0 Å². The SMILES string of the molecule is COC(=O)C1=CN(CCc2ccc(OC)cc2)C=C(C(=O)OC)C1c1cccc(F)c1. The summed E-state index contributed by atoms with van der Waals surface area (Å²) in [6, 6.07) is 13.4. The van der Waals surface area contributed by atoms with Gasteiger partial charge in [-0.3, -0.25) is 0 Å². The third kappa shape index (κ3) is 5.12. The van der Waals surface area contributed by atoms with Crippen molar-refractivity contribution in [2.24, 2.45) is 0 Å². The molecule has 0 bridgehead atoms. The third-order valence-corrected chi connectivity index (χ3v) is 5.07. The predicted molar refractivity (Wildman–Crippen MR) is 113 cm³/mol. The molecule has 0 N–H and O–H groups in total. The second kappa shape index (κ2) is 9.93. The molecular formula is C24H24FNO5. The molecule has 7 heteroatoms. The highest BCUT2D eigenvalue weighted by Gasteiger charge is 2.35. The predicted octanol–water partition coefficient (Wildman–Crippen LogP) is 3.59. The Morgan fingerprint density at radius 2 is 1.55 bits per heavy atom. The van der Waals surface area contributed by atoms with Crippen molar-refractivity contribution in [1.29, 1.82) is 0 Å². The van der Waals surface area contributed by atoms with Crippen LogP contribution in [-0.2, 0) is 25.5 Å². The average Bonchev–Trinajstić information content (AvgIpc) is 2.81. The minimum atomic E-state index is -0.798. The Hall–Kier alpha value is -3.61. The van der Waals surface area contributed by atoms with Gasteiger partial charge in [0.2, 0.25) is 0 Å². The van der Waals surface area contributed by atoms with E-state index in [9.17, 15) is 14.0 Å². The van der Waals surface area contributed by atoms with Crippen LogP contribution in [0, 0.1) is 5.82 Å². The maximum absolute atomic E-state index is 13.9. The number of rotatable bonds is 7. The number of carbonyl (C=O) groups is 2. The zero-order chi connectivity index (χ0) is 22.4. The summed E-state index contributed by atoms with van der Waals surface area (Å²) < 4.78 is 29.0. The van der Waals surface area contributed by atoms with Gasteiger partial charge in [-0.05, 0) is 41.8 Å². The van der Waals surface area contributed by atoms with Gasteiger partial charge in [-0.2, -0.15) is 0 Å². The molecule has 0 unspecified atom stereocenters. The van der Waals surface area contributed by atoms with E-state index in [1.807, 2.05) is 24.3 Å². The maximum atomic E-state index is 13.9. The largest absolute Gasteiger partial charge is 0.497 e. The quantitative estimate of drug-likeness (QED) is 0.632. The van der Waals surface area contributed by atoms with Gasteiger partial charge in [0.15, 0.2) is 0 Å². The Morgan fingerprint density at radius 1 is 0.935 bits per heavy atom. The van der Waals surface area contributed by atoms with Crippen LogP contribution in [0.2, 0.25) is 0 Å². The molecule has 31 heavy (non-hydrogen) atoms. The molecule has 0 saturated heterocycles. The monoisotopic (exact) mass is 425 g/mol. The third-order valence-electron chi connectivity index (χ3n) is 5.07. The van der Waals surface area contributed by atoms with E-state index in [1.165, 1.54) is 32.4 Å². The van der Waals surface area contributed by atoms with Gasteiger partial charge in [-0.25, -0.2) is 14.0 Å². The molecule has 0 aliphatic carbocycles. The highest BCUT2D eigenvalue weighted by atomic mass is 19.1. The van der Waals surface area contributed by atoms with Crippen molar-refractivity contribution in [2.45, 2.75) is 12.3 Å². The summed E-state index contributed by atoms with van der Waals surface area (Å²) in [5.74, 6) is -1.70. The van der Waals surface area contributed by atoms with Crippen molar-refractivity contribution < 1.29 is 28.2 Å². The van der Waals surface area contributed by atoms with Crippen molar-refractivity contribution in [3.05, 3.63) is 89.0 Å². The van der Waals surface area contributed by atoms with Crippen LogP contribution in [-0.4, -0.2) is 44.7 Å². The van der Waals surface area contributed by atoms with Crippen LogP contribution in [0.4, 0.5) is 4.39 Å². The number of nitrogens with zero attached hydrogens (tertiary/aromatic N) is 1. The summed E-state index contributed by atoms with van der Waals surface area (Å²) in [5, 5.41) is 0. The molecule has 0 fully saturated rings. The average molecular weight is 425 g/mol. The lowest BCUT2D eigenvalue weighted by Gasteiger charge is -2.30.